The second-order valence-electron chi connectivity index (χ2n) is 8.13. The molecule has 0 bridgehead atoms. The van der Waals surface area contributed by atoms with Gasteiger partial charge in [0.25, 0.3) is 0 Å². The van der Waals surface area contributed by atoms with E-state index in [1.807, 2.05) is 6.92 Å². The summed E-state index contributed by atoms with van der Waals surface area (Å²) in [5.74, 6) is -0.911. The van der Waals surface area contributed by atoms with E-state index in [1.165, 1.54) is 6.20 Å². The summed E-state index contributed by atoms with van der Waals surface area (Å²) in [5, 5.41) is 2.05. The molecule has 2 rings (SSSR count). The average Bonchev–Trinajstić information content (AvgIpc) is 2.59. The Morgan fingerprint density at radius 1 is 1.43 bits per heavy atom. The Bertz CT molecular complexity index is 712. The van der Waals surface area contributed by atoms with E-state index in [9.17, 15) is 9.59 Å². The molecule has 3 N–H and O–H groups in total. The molecular weight excluding hydrogens is 385 g/mol. The first-order valence-electron chi connectivity index (χ1n) is 9.56. The molecule has 156 valence electrons. The number of nitrogens with zero attached hydrogens (tertiary/aromatic N) is 1. The van der Waals surface area contributed by atoms with Crippen molar-refractivity contribution in [3.63, 3.8) is 0 Å². The zero-order chi connectivity index (χ0) is 21.1. The summed E-state index contributed by atoms with van der Waals surface area (Å²) in [6, 6.07) is -0.571. The molecule has 0 spiro atoms. The molecule has 28 heavy (non-hydrogen) atoms. The lowest BCUT2D eigenvalue weighted by atomic mass is 9.78. The number of hydrogen-bond acceptors (Lipinski definition) is 5. The first-order chi connectivity index (χ1) is 13.0. The van der Waals surface area contributed by atoms with E-state index in [-0.39, 0.29) is 5.78 Å². The Morgan fingerprint density at radius 3 is 2.64 bits per heavy atom. The maximum absolute atomic E-state index is 15.4. The average molecular weight is 414 g/mol. The van der Waals surface area contributed by atoms with Gasteiger partial charge in [0.15, 0.2) is 5.78 Å². The number of rotatable bonds is 5. The zero-order valence-electron chi connectivity index (χ0n) is 16.8. The van der Waals surface area contributed by atoms with Crippen LogP contribution >= 0.6 is 11.6 Å². The van der Waals surface area contributed by atoms with Gasteiger partial charge in [-0.1, -0.05) is 13.0 Å². The number of ether oxygens (including phenoxy) is 1. The van der Waals surface area contributed by atoms with Gasteiger partial charge in [0.2, 0.25) is 0 Å². The van der Waals surface area contributed by atoms with E-state index in [4.69, 9.17) is 22.1 Å². The third kappa shape index (κ3) is 5.56. The van der Waals surface area contributed by atoms with Gasteiger partial charge in [0.1, 0.15) is 11.8 Å². The molecule has 0 saturated heterocycles. The van der Waals surface area contributed by atoms with Gasteiger partial charge in [0, 0.05) is 18.2 Å². The van der Waals surface area contributed by atoms with Crippen LogP contribution in [0.5, 0.6) is 0 Å². The van der Waals surface area contributed by atoms with Crippen molar-refractivity contribution in [1.82, 2.24) is 5.32 Å². The lowest BCUT2D eigenvalue weighted by Crippen LogP contribution is -2.46. The van der Waals surface area contributed by atoms with E-state index in [0.717, 1.165) is 0 Å². The van der Waals surface area contributed by atoms with Gasteiger partial charge in [-0.05, 0) is 45.6 Å². The third-order valence-corrected chi connectivity index (χ3v) is 5.21. The van der Waals surface area contributed by atoms with Gasteiger partial charge in [-0.15, -0.1) is 11.6 Å². The van der Waals surface area contributed by atoms with Gasteiger partial charge < -0.3 is 15.8 Å². The molecule has 0 saturated carbocycles. The number of allylic oxidation sites excluding steroid dienone is 2. The molecule has 0 aromatic carbocycles. The molecule has 1 amide bonds. The van der Waals surface area contributed by atoms with Gasteiger partial charge in [-0.3, -0.25) is 4.79 Å². The number of nitrogens with two attached hydrogens (primary N) is 1. The highest BCUT2D eigenvalue weighted by molar-refractivity contribution is 6.23. The van der Waals surface area contributed by atoms with E-state index < -0.39 is 35.2 Å². The summed E-state index contributed by atoms with van der Waals surface area (Å²) in [6.45, 7) is 7.10. The van der Waals surface area contributed by atoms with Crippen molar-refractivity contribution in [3.8, 4) is 0 Å². The van der Waals surface area contributed by atoms with Crippen LogP contribution in [-0.2, 0) is 9.53 Å². The van der Waals surface area contributed by atoms with Crippen LogP contribution in [-0.4, -0.2) is 40.9 Å². The molecule has 6 nitrogen and oxygen atoms in total. The molecule has 0 aromatic heterocycles. The van der Waals surface area contributed by atoms with Crippen LogP contribution in [0.1, 0.15) is 53.4 Å². The van der Waals surface area contributed by atoms with Crippen molar-refractivity contribution in [3.05, 3.63) is 23.4 Å². The summed E-state index contributed by atoms with van der Waals surface area (Å²) in [6.07, 6.45) is 2.58. The zero-order valence-corrected chi connectivity index (χ0v) is 17.6. The third-order valence-electron chi connectivity index (χ3n) is 4.76. The molecule has 1 aliphatic heterocycles. The highest BCUT2D eigenvalue weighted by atomic mass is 35.5. The second-order valence-corrected chi connectivity index (χ2v) is 8.69. The second kappa shape index (κ2) is 9.07. The van der Waals surface area contributed by atoms with Crippen LogP contribution in [0, 0.1) is 5.92 Å². The minimum Gasteiger partial charge on any atom is -0.444 e. The maximum Gasteiger partial charge on any atom is 0.408 e. The Hall–Kier alpha value is -1.89. The summed E-state index contributed by atoms with van der Waals surface area (Å²) in [5.41, 5.74) is 5.77. The number of hydrogen-bond donors (Lipinski definition) is 2. The largest absolute Gasteiger partial charge is 0.444 e. The molecule has 3 unspecified atom stereocenters. The highest BCUT2D eigenvalue weighted by Gasteiger charge is 2.42. The molecule has 0 aromatic rings. The van der Waals surface area contributed by atoms with Crippen molar-refractivity contribution in [1.29, 1.82) is 0 Å². The van der Waals surface area contributed by atoms with Crippen LogP contribution in [0.3, 0.4) is 0 Å². The fourth-order valence-corrected chi connectivity index (χ4v) is 3.69. The lowest BCUT2D eigenvalue weighted by molar-refractivity contribution is -0.121. The molecule has 4 atom stereocenters. The van der Waals surface area contributed by atoms with Gasteiger partial charge in [-0.2, -0.15) is 0 Å². The van der Waals surface area contributed by atoms with Gasteiger partial charge >= 0.3 is 6.09 Å². The predicted octanol–water partition coefficient (Wildman–Crippen LogP) is 3.79. The number of ketones is 1. The standard InChI is InChI=1S/C20H29ClFN3O3/c1-5-14(25-19(27)28-20(2,3)4)12-7-8-13(21)16(17(12)22)18(26)11-6-9-15(23)24-10-11/h7,10,13-14,16-17H,5-6,8-9H2,1-4H3,(H2,23,24)(H,25,27)/t13?,14-,16?,17?/m1/s1. The first kappa shape index (κ1) is 22.4. The van der Waals surface area contributed by atoms with Crippen LogP contribution in [0.15, 0.2) is 28.4 Å². The number of alkyl carbamates (subject to hydrolysis) is 1. The Balaban J connectivity index is 2.17. The molecule has 8 heteroatoms. The normalized spacial score (nSPS) is 26.5. The van der Waals surface area contributed by atoms with Crippen molar-refractivity contribution < 1.29 is 18.7 Å². The molecule has 2 aliphatic rings. The quantitative estimate of drug-likeness (QED) is 0.529. The van der Waals surface area contributed by atoms with Gasteiger partial charge in [-0.25, -0.2) is 14.2 Å². The molecule has 1 aliphatic carbocycles. The lowest BCUT2D eigenvalue weighted by Gasteiger charge is -2.34. The van der Waals surface area contributed by atoms with Crippen LogP contribution in [0.4, 0.5) is 9.18 Å². The fourth-order valence-electron chi connectivity index (χ4n) is 3.35. The minimum absolute atomic E-state index is 0.346. The first-order valence-corrected chi connectivity index (χ1v) is 10.00. The van der Waals surface area contributed by atoms with Gasteiger partial charge in [0.05, 0.1) is 23.2 Å². The molecule has 0 fully saturated rings. The van der Waals surface area contributed by atoms with Crippen LogP contribution < -0.4 is 11.1 Å². The number of aliphatic imine (C=N–C) groups is 1. The van der Waals surface area contributed by atoms with Crippen molar-refractivity contribution in [2.24, 2.45) is 16.6 Å². The molecule has 1 heterocycles. The van der Waals surface area contributed by atoms with Crippen molar-refractivity contribution in [2.45, 2.75) is 76.6 Å². The number of Topliss-reactive ketones (excluding diaryl/α,β-unsaturated/α-hetero) is 1. The minimum atomic E-state index is -1.59. The highest BCUT2D eigenvalue weighted by Crippen LogP contribution is 2.36. The monoisotopic (exact) mass is 413 g/mol. The van der Waals surface area contributed by atoms with E-state index in [2.05, 4.69) is 10.3 Å². The smallest absolute Gasteiger partial charge is 0.408 e. The number of amidine groups is 1. The number of halogens is 2. The van der Waals surface area contributed by atoms with E-state index in [0.29, 0.717) is 42.7 Å². The summed E-state index contributed by atoms with van der Waals surface area (Å²) in [4.78, 5) is 29.0. The van der Waals surface area contributed by atoms with Crippen LogP contribution in [0.2, 0.25) is 0 Å². The fraction of sp³-hybridized carbons (Fsp3) is 0.650. The predicted molar refractivity (Wildman–Crippen MR) is 108 cm³/mol. The summed E-state index contributed by atoms with van der Waals surface area (Å²) < 4.78 is 20.7. The van der Waals surface area contributed by atoms with Crippen molar-refractivity contribution in [2.75, 3.05) is 0 Å². The number of carbonyl (C=O) groups is 2. The summed E-state index contributed by atoms with van der Waals surface area (Å²) in [7, 11) is 0. The Morgan fingerprint density at radius 2 is 2.11 bits per heavy atom. The van der Waals surface area contributed by atoms with Crippen molar-refractivity contribution >= 4 is 29.3 Å². The Labute approximate surface area is 170 Å². The molecule has 0 radical (unpaired) electrons. The van der Waals surface area contributed by atoms with E-state index in [1.54, 1.807) is 26.8 Å². The number of alkyl halides is 2. The number of amides is 1. The maximum atomic E-state index is 15.4. The number of nitrogens with one attached hydrogen (secondary N) is 1. The SMILES string of the molecule is CC[C@@H](NC(=O)OC(C)(C)C)C1=CCC(Cl)C(C(=O)C2=CN=C(N)CC2)C1F. The van der Waals surface area contributed by atoms with E-state index >= 15 is 4.39 Å². The topological polar surface area (TPSA) is 93.8 Å². The number of carbonyl (C=O) groups excluding carboxylic acids is 2. The van der Waals surface area contributed by atoms with Crippen LogP contribution in [0.25, 0.3) is 0 Å². The molecular formula is C20H29ClFN3O3. The summed E-state index contributed by atoms with van der Waals surface area (Å²) >= 11 is 6.32. The Kier molecular flexibility index (Phi) is 7.26.